The number of fused-ring (bicyclic) bond motifs is 1. The first-order valence-corrected chi connectivity index (χ1v) is 12.5. The number of anilines is 3. The van der Waals surface area contributed by atoms with Crippen LogP contribution in [0.15, 0.2) is 42.2 Å². The Morgan fingerprint density at radius 3 is 2.69 bits per heavy atom. The van der Waals surface area contributed by atoms with Crippen molar-refractivity contribution >= 4 is 44.8 Å². The van der Waals surface area contributed by atoms with E-state index in [-0.39, 0.29) is 12.6 Å². The highest BCUT2D eigenvalue weighted by atomic mass is 32.1. The van der Waals surface area contributed by atoms with Gasteiger partial charge in [-0.2, -0.15) is 0 Å². The number of aliphatic hydroxyl groups is 1. The van der Waals surface area contributed by atoms with Crippen LogP contribution in [0, 0.1) is 0 Å². The molecule has 1 atom stereocenters. The number of aromatic nitrogens is 4. The summed E-state index contributed by atoms with van der Waals surface area (Å²) in [6.45, 7) is 9.10. The summed E-state index contributed by atoms with van der Waals surface area (Å²) in [7, 11) is 0. The maximum Gasteiger partial charge on any atom is 0.408 e. The number of nitrogens with zero attached hydrogens (tertiary/aromatic N) is 3. The number of alkyl carbamates (subject to hydrolysis) is 1. The van der Waals surface area contributed by atoms with E-state index in [1.165, 1.54) is 0 Å². The third kappa shape index (κ3) is 6.29. The second-order valence-electron chi connectivity index (χ2n) is 9.64. The SMILES string of the molecule is CC(C)Nc1cc(Nc2ccc3ncsc3c2)ncc1-c1cnc(C(CO)NC(=O)OC(C)(C)C)[nH]1. The highest BCUT2D eigenvalue weighted by molar-refractivity contribution is 7.16. The predicted octanol–water partition coefficient (Wildman–Crippen LogP) is 5.20. The second kappa shape index (κ2) is 10.5. The summed E-state index contributed by atoms with van der Waals surface area (Å²) in [6, 6.07) is 7.37. The summed E-state index contributed by atoms with van der Waals surface area (Å²) in [5, 5.41) is 19.3. The topological polar surface area (TPSA) is 137 Å². The fourth-order valence-corrected chi connectivity index (χ4v) is 4.27. The van der Waals surface area contributed by atoms with E-state index in [1.807, 2.05) is 29.8 Å². The van der Waals surface area contributed by atoms with Gasteiger partial charge in [-0.1, -0.05) is 0 Å². The van der Waals surface area contributed by atoms with Crippen LogP contribution in [0.3, 0.4) is 0 Å². The Labute approximate surface area is 213 Å². The number of ether oxygens (including phenoxy) is 1. The number of hydrogen-bond acceptors (Lipinski definition) is 9. The van der Waals surface area contributed by atoms with Crippen LogP contribution in [0.5, 0.6) is 0 Å². The number of amides is 1. The smallest absolute Gasteiger partial charge is 0.408 e. The average molecular weight is 510 g/mol. The molecule has 0 spiro atoms. The van der Waals surface area contributed by atoms with Gasteiger partial charge in [-0.25, -0.2) is 19.7 Å². The van der Waals surface area contributed by atoms with Crippen molar-refractivity contribution in [3.8, 4) is 11.3 Å². The summed E-state index contributed by atoms with van der Waals surface area (Å²) in [5.41, 5.74) is 5.43. The second-order valence-corrected chi connectivity index (χ2v) is 10.5. The molecule has 0 saturated carbocycles. The predicted molar refractivity (Wildman–Crippen MR) is 143 cm³/mol. The van der Waals surface area contributed by atoms with E-state index in [1.54, 1.807) is 44.5 Å². The lowest BCUT2D eigenvalue weighted by Gasteiger charge is -2.22. The molecule has 10 nitrogen and oxygen atoms in total. The van der Waals surface area contributed by atoms with Crippen molar-refractivity contribution in [3.63, 3.8) is 0 Å². The zero-order chi connectivity index (χ0) is 25.9. The first-order valence-electron chi connectivity index (χ1n) is 11.6. The molecule has 1 aromatic carbocycles. The Morgan fingerprint density at radius 1 is 1.17 bits per heavy atom. The molecule has 0 radical (unpaired) electrons. The normalized spacial score (nSPS) is 12.5. The average Bonchev–Trinajstić information content (AvgIpc) is 3.45. The summed E-state index contributed by atoms with van der Waals surface area (Å²) >= 11 is 1.59. The van der Waals surface area contributed by atoms with E-state index in [2.05, 4.69) is 49.7 Å². The van der Waals surface area contributed by atoms with Crippen LogP contribution in [-0.4, -0.2) is 49.4 Å². The van der Waals surface area contributed by atoms with Crippen LogP contribution in [-0.2, 0) is 4.74 Å². The number of nitrogens with one attached hydrogen (secondary N) is 4. The minimum Gasteiger partial charge on any atom is -0.444 e. The first kappa shape index (κ1) is 25.4. The number of carbonyl (C=O) groups excluding carboxylic acids is 1. The maximum absolute atomic E-state index is 12.2. The fraction of sp³-hybridized carbons (Fsp3) is 0.360. The molecule has 0 aliphatic heterocycles. The number of rotatable bonds is 8. The highest BCUT2D eigenvalue weighted by Gasteiger charge is 2.22. The fourth-order valence-electron chi connectivity index (χ4n) is 3.55. The van der Waals surface area contributed by atoms with E-state index in [9.17, 15) is 9.90 Å². The Morgan fingerprint density at radius 2 is 1.97 bits per heavy atom. The standard InChI is InChI=1S/C25H31N7O3S/c1-14(2)29-18-9-22(30-15-6-7-17-21(8-15)36-13-28-17)26-10-16(18)19-11-27-23(31-19)20(12-33)32-24(34)35-25(3,4)5/h6-11,13-14,20,33H,12H2,1-5H3,(H,27,31)(H,32,34)(H2,26,29,30). The van der Waals surface area contributed by atoms with Crippen LogP contribution >= 0.6 is 11.3 Å². The first-order chi connectivity index (χ1) is 17.1. The lowest BCUT2D eigenvalue weighted by molar-refractivity contribution is 0.0478. The summed E-state index contributed by atoms with van der Waals surface area (Å²) in [5.74, 6) is 1.10. The number of carbonyl (C=O) groups is 1. The Hall–Kier alpha value is -3.70. The van der Waals surface area contributed by atoms with Gasteiger partial charge in [0.15, 0.2) is 0 Å². The Kier molecular flexibility index (Phi) is 7.41. The molecule has 3 aromatic heterocycles. The zero-order valence-electron chi connectivity index (χ0n) is 20.9. The lowest BCUT2D eigenvalue weighted by Crippen LogP contribution is -2.36. The van der Waals surface area contributed by atoms with Gasteiger partial charge in [-0.15, -0.1) is 11.3 Å². The highest BCUT2D eigenvalue weighted by Crippen LogP contribution is 2.31. The molecule has 0 aliphatic carbocycles. The van der Waals surface area contributed by atoms with Crippen LogP contribution in [0.4, 0.5) is 22.0 Å². The molecule has 0 aliphatic rings. The maximum atomic E-state index is 12.2. The molecule has 5 N–H and O–H groups in total. The van der Waals surface area contributed by atoms with E-state index in [0.29, 0.717) is 17.3 Å². The van der Waals surface area contributed by atoms with Crippen LogP contribution < -0.4 is 16.0 Å². The molecule has 1 amide bonds. The third-order valence-electron chi connectivity index (χ3n) is 5.04. The molecule has 11 heteroatoms. The molecule has 0 fully saturated rings. The monoisotopic (exact) mass is 509 g/mol. The van der Waals surface area contributed by atoms with Crippen LogP contribution in [0.2, 0.25) is 0 Å². The minimum absolute atomic E-state index is 0.175. The van der Waals surface area contributed by atoms with Gasteiger partial charge >= 0.3 is 6.09 Å². The van der Waals surface area contributed by atoms with E-state index < -0.39 is 17.7 Å². The number of benzene rings is 1. The Balaban J connectivity index is 1.57. The van der Waals surface area contributed by atoms with Crippen molar-refractivity contribution in [1.29, 1.82) is 0 Å². The van der Waals surface area contributed by atoms with Gasteiger partial charge in [-0.3, -0.25) is 0 Å². The van der Waals surface area contributed by atoms with Gasteiger partial charge in [0.2, 0.25) is 0 Å². The minimum atomic E-state index is -0.745. The molecular weight excluding hydrogens is 478 g/mol. The number of aliphatic hydroxyl groups excluding tert-OH is 1. The molecule has 36 heavy (non-hydrogen) atoms. The summed E-state index contributed by atoms with van der Waals surface area (Å²) in [6.07, 6.45) is 2.78. The number of thiazole rings is 1. The van der Waals surface area contributed by atoms with Gasteiger partial charge in [0, 0.05) is 35.2 Å². The van der Waals surface area contributed by atoms with Gasteiger partial charge in [-0.05, 0) is 52.8 Å². The molecule has 190 valence electrons. The zero-order valence-corrected chi connectivity index (χ0v) is 21.7. The quantitative estimate of drug-likeness (QED) is 0.218. The van der Waals surface area contributed by atoms with Crippen molar-refractivity contribution in [2.45, 2.75) is 52.3 Å². The van der Waals surface area contributed by atoms with Gasteiger partial charge in [0.05, 0.1) is 34.2 Å². The van der Waals surface area contributed by atoms with Crippen molar-refractivity contribution in [1.82, 2.24) is 25.3 Å². The van der Waals surface area contributed by atoms with Gasteiger partial charge in [0.1, 0.15) is 23.3 Å². The van der Waals surface area contributed by atoms with Gasteiger partial charge in [0.25, 0.3) is 0 Å². The number of pyridine rings is 1. The Bertz CT molecular complexity index is 1340. The number of hydrogen-bond donors (Lipinski definition) is 5. The molecular formula is C25H31N7O3S. The van der Waals surface area contributed by atoms with Crippen LogP contribution in [0.25, 0.3) is 21.5 Å². The van der Waals surface area contributed by atoms with E-state index in [4.69, 9.17) is 4.74 Å². The molecule has 0 saturated heterocycles. The number of aromatic amines is 1. The van der Waals surface area contributed by atoms with Crippen molar-refractivity contribution < 1.29 is 14.6 Å². The molecule has 4 rings (SSSR count). The van der Waals surface area contributed by atoms with Crippen LogP contribution in [0.1, 0.15) is 46.5 Å². The van der Waals surface area contributed by atoms with E-state index >= 15 is 0 Å². The summed E-state index contributed by atoms with van der Waals surface area (Å²) < 4.78 is 6.39. The largest absolute Gasteiger partial charge is 0.444 e. The van der Waals surface area contributed by atoms with Crippen molar-refractivity contribution in [2.24, 2.45) is 0 Å². The molecule has 3 heterocycles. The van der Waals surface area contributed by atoms with Gasteiger partial charge < -0.3 is 30.8 Å². The molecule has 4 aromatic rings. The summed E-state index contributed by atoms with van der Waals surface area (Å²) in [4.78, 5) is 28.7. The third-order valence-corrected chi connectivity index (χ3v) is 5.83. The molecule has 0 bridgehead atoms. The molecule has 1 unspecified atom stereocenters. The van der Waals surface area contributed by atoms with Crippen molar-refractivity contribution in [2.75, 3.05) is 17.2 Å². The van der Waals surface area contributed by atoms with E-state index in [0.717, 1.165) is 27.2 Å². The van der Waals surface area contributed by atoms with Crippen molar-refractivity contribution in [3.05, 3.63) is 48.0 Å². The lowest BCUT2D eigenvalue weighted by atomic mass is 10.1. The number of imidazole rings is 1. The number of H-pyrrole nitrogens is 1.